The van der Waals surface area contributed by atoms with Crippen LogP contribution >= 0.6 is 0 Å². The first-order valence-corrected chi connectivity index (χ1v) is 6.72. The van der Waals surface area contributed by atoms with E-state index in [-0.39, 0.29) is 11.9 Å². The summed E-state index contributed by atoms with van der Waals surface area (Å²) in [4.78, 5) is 16.3. The summed E-state index contributed by atoms with van der Waals surface area (Å²) >= 11 is 0. The highest BCUT2D eigenvalue weighted by molar-refractivity contribution is 5.82. The molecule has 0 N–H and O–H groups in total. The van der Waals surface area contributed by atoms with Crippen molar-refractivity contribution in [1.82, 2.24) is 9.55 Å². The minimum absolute atomic E-state index is 0.167. The monoisotopic (exact) mass is 260 g/mol. The number of esters is 1. The van der Waals surface area contributed by atoms with E-state index < -0.39 is 0 Å². The van der Waals surface area contributed by atoms with E-state index in [1.54, 1.807) is 6.20 Å². The standard InChI is InChI=1S/C15H20N2O2/c1-4-5-9-19-15(18)11(2)13-10-12-7-6-8-16-14(12)17(13)3/h6-8,10-11H,4-5,9H2,1-3H3. The summed E-state index contributed by atoms with van der Waals surface area (Å²) in [6.45, 7) is 4.46. The number of unbranched alkanes of at least 4 members (excludes halogenated alkanes) is 1. The molecule has 0 aliphatic heterocycles. The second-order valence-corrected chi connectivity index (χ2v) is 4.79. The van der Waals surface area contributed by atoms with Crippen molar-refractivity contribution >= 4 is 17.0 Å². The number of aryl methyl sites for hydroxylation is 1. The van der Waals surface area contributed by atoms with Gasteiger partial charge in [-0.05, 0) is 31.5 Å². The van der Waals surface area contributed by atoms with E-state index in [1.807, 2.05) is 36.7 Å². The summed E-state index contributed by atoms with van der Waals surface area (Å²) in [6.07, 6.45) is 3.70. The van der Waals surface area contributed by atoms with E-state index in [0.717, 1.165) is 29.6 Å². The van der Waals surface area contributed by atoms with Crippen LogP contribution in [0.2, 0.25) is 0 Å². The van der Waals surface area contributed by atoms with Crippen LogP contribution in [-0.4, -0.2) is 22.1 Å². The number of fused-ring (bicyclic) bond motifs is 1. The number of ether oxygens (including phenoxy) is 1. The Bertz CT molecular complexity index is 575. The van der Waals surface area contributed by atoms with Crippen molar-refractivity contribution in [3.8, 4) is 0 Å². The zero-order valence-corrected chi connectivity index (χ0v) is 11.7. The number of hydrogen-bond donors (Lipinski definition) is 0. The molecule has 0 saturated carbocycles. The van der Waals surface area contributed by atoms with Crippen LogP contribution in [0.5, 0.6) is 0 Å². The summed E-state index contributed by atoms with van der Waals surface area (Å²) in [5, 5.41) is 1.05. The number of carbonyl (C=O) groups excluding carboxylic acids is 1. The third-order valence-electron chi connectivity index (χ3n) is 3.36. The number of aromatic nitrogens is 2. The average Bonchev–Trinajstić information content (AvgIpc) is 2.76. The topological polar surface area (TPSA) is 44.1 Å². The summed E-state index contributed by atoms with van der Waals surface area (Å²) in [5.41, 5.74) is 1.83. The van der Waals surface area contributed by atoms with Gasteiger partial charge >= 0.3 is 5.97 Å². The Morgan fingerprint density at radius 2 is 2.32 bits per heavy atom. The highest BCUT2D eigenvalue weighted by Crippen LogP contribution is 2.23. The molecule has 2 aromatic heterocycles. The van der Waals surface area contributed by atoms with Crippen molar-refractivity contribution in [2.75, 3.05) is 6.61 Å². The highest BCUT2D eigenvalue weighted by Gasteiger charge is 2.21. The van der Waals surface area contributed by atoms with Crippen LogP contribution in [0.3, 0.4) is 0 Å². The molecule has 2 aromatic rings. The number of pyridine rings is 1. The Morgan fingerprint density at radius 3 is 3.00 bits per heavy atom. The van der Waals surface area contributed by atoms with Gasteiger partial charge in [0.1, 0.15) is 5.65 Å². The van der Waals surface area contributed by atoms with Crippen LogP contribution < -0.4 is 0 Å². The Morgan fingerprint density at radius 1 is 1.53 bits per heavy atom. The molecule has 0 amide bonds. The molecule has 0 aliphatic rings. The number of nitrogens with zero attached hydrogens (tertiary/aromatic N) is 2. The first-order valence-electron chi connectivity index (χ1n) is 6.72. The molecule has 2 rings (SSSR count). The predicted molar refractivity (Wildman–Crippen MR) is 75.0 cm³/mol. The van der Waals surface area contributed by atoms with Gasteiger partial charge in [0.15, 0.2) is 0 Å². The van der Waals surface area contributed by atoms with Crippen molar-refractivity contribution in [3.63, 3.8) is 0 Å². The first-order chi connectivity index (χ1) is 9.15. The summed E-state index contributed by atoms with van der Waals surface area (Å²) in [7, 11) is 1.93. The molecule has 1 atom stereocenters. The minimum Gasteiger partial charge on any atom is -0.465 e. The van der Waals surface area contributed by atoms with Gasteiger partial charge in [-0.25, -0.2) is 4.98 Å². The molecule has 19 heavy (non-hydrogen) atoms. The molecule has 0 fully saturated rings. The van der Waals surface area contributed by atoms with Gasteiger partial charge < -0.3 is 9.30 Å². The van der Waals surface area contributed by atoms with Crippen LogP contribution in [0.4, 0.5) is 0 Å². The number of hydrogen-bond acceptors (Lipinski definition) is 3. The molecule has 0 saturated heterocycles. The second kappa shape index (κ2) is 5.87. The Labute approximate surface area is 113 Å². The van der Waals surface area contributed by atoms with Gasteiger partial charge in [-0.3, -0.25) is 4.79 Å². The van der Waals surface area contributed by atoms with E-state index in [1.165, 1.54) is 0 Å². The van der Waals surface area contributed by atoms with Gasteiger partial charge in [0, 0.05) is 24.3 Å². The van der Waals surface area contributed by atoms with Gasteiger partial charge in [0.05, 0.1) is 12.5 Å². The molecular formula is C15H20N2O2. The van der Waals surface area contributed by atoms with Crippen molar-refractivity contribution in [2.45, 2.75) is 32.6 Å². The molecule has 4 heteroatoms. The molecule has 0 bridgehead atoms. The Balaban J connectivity index is 2.19. The smallest absolute Gasteiger partial charge is 0.314 e. The van der Waals surface area contributed by atoms with E-state index in [9.17, 15) is 4.79 Å². The van der Waals surface area contributed by atoms with Gasteiger partial charge in [-0.1, -0.05) is 13.3 Å². The van der Waals surface area contributed by atoms with E-state index in [0.29, 0.717) is 6.61 Å². The van der Waals surface area contributed by atoms with Crippen LogP contribution in [0, 0.1) is 0 Å². The fourth-order valence-corrected chi connectivity index (χ4v) is 2.16. The lowest BCUT2D eigenvalue weighted by Crippen LogP contribution is -2.16. The normalized spacial score (nSPS) is 12.6. The van der Waals surface area contributed by atoms with Crippen molar-refractivity contribution in [3.05, 3.63) is 30.1 Å². The SMILES string of the molecule is CCCCOC(=O)C(C)c1cc2cccnc2n1C. The third-order valence-corrected chi connectivity index (χ3v) is 3.36. The van der Waals surface area contributed by atoms with E-state index in [2.05, 4.69) is 11.9 Å². The maximum atomic E-state index is 12.0. The number of carbonyl (C=O) groups is 1. The molecule has 2 heterocycles. The van der Waals surface area contributed by atoms with Crippen LogP contribution in [0.1, 0.15) is 38.3 Å². The second-order valence-electron chi connectivity index (χ2n) is 4.79. The van der Waals surface area contributed by atoms with Gasteiger partial charge in [0.2, 0.25) is 0 Å². The zero-order chi connectivity index (χ0) is 13.8. The molecular weight excluding hydrogens is 240 g/mol. The Hall–Kier alpha value is -1.84. The van der Waals surface area contributed by atoms with E-state index >= 15 is 0 Å². The first kappa shape index (κ1) is 13.6. The fraction of sp³-hybridized carbons (Fsp3) is 0.467. The van der Waals surface area contributed by atoms with Crippen molar-refractivity contribution in [1.29, 1.82) is 0 Å². The summed E-state index contributed by atoms with van der Waals surface area (Å²) in [6, 6.07) is 5.91. The van der Waals surface area contributed by atoms with E-state index in [4.69, 9.17) is 4.74 Å². The van der Waals surface area contributed by atoms with Crippen LogP contribution in [0.25, 0.3) is 11.0 Å². The summed E-state index contributed by atoms with van der Waals surface area (Å²) < 4.78 is 7.24. The molecule has 4 nitrogen and oxygen atoms in total. The number of rotatable bonds is 5. The van der Waals surface area contributed by atoms with Gasteiger partial charge in [-0.2, -0.15) is 0 Å². The average molecular weight is 260 g/mol. The maximum absolute atomic E-state index is 12.0. The third kappa shape index (κ3) is 2.78. The fourth-order valence-electron chi connectivity index (χ4n) is 2.16. The lowest BCUT2D eigenvalue weighted by atomic mass is 10.1. The largest absolute Gasteiger partial charge is 0.465 e. The molecule has 102 valence electrons. The van der Waals surface area contributed by atoms with Gasteiger partial charge in [0.25, 0.3) is 0 Å². The quantitative estimate of drug-likeness (QED) is 0.613. The van der Waals surface area contributed by atoms with Crippen molar-refractivity contribution < 1.29 is 9.53 Å². The lowest BCUT2D eigenvalue weighted by Gasteiger charge is -2.12. The molecule has 0 aromatic carbocycles. The molecule has 0 aliphatic carbocycles. The highest BCUT2D eigenvalue weighted by atomic mass is 16.5. The molecule has 1 unspecified atom stereocenters. The van der Waals surface area contributed by atoms with Crippen LogP contribution in [0.15, 0.2) is 24.4 Å². The van der Waals surface area contributed by atoms with Crippen LogP contribution in [-0.2, 0) is 16.6 Å². The molecule has 0 radical (unpaired) electrons. The Kier molecular flexibility index (Phi) is 4.20. The van der Waals surface area contributed by atoms with Crippen molar-refractivity contribution in [2.24, 2.45) is 7.05 Å². The van der Waals surface area contributed by atoms with Gasteiger partial charge in [-0.15, -0.1) is 0 Å². The predicted octanol–water partition coefficient (Wildman–Crippen LogP) is 3.02. The molecule has 0 spiro atoms. The maximum Gasteiger partial charge on any atom is 0.314 e. The minimum atomic E-state index is -0.268. The summed E-state index contributed by atoms with van der Waals surface area (Å²) in [5.74, 6) is -0.435. The lowest BCUT2D eigenvalue weighted by molar-refractivity contribution is -0.145. The zero-order valence-electron chi connectivity index (χ0n) is 11.7.